The number of hydrogen-bond donors (Lipinski definition) is 1. The molecule has 0 unspecified atom stereocenters. The van der Waals surface area contributed by atoms with E-state index in [9.17, 15) is 9.90 Å². The summed E-state index contributed by atoms with van der Waals surface area (Å²) in [5.74, 6) is 0.428. The van der Waals surface area contributed by atoms with Crippen molar-refractivity contribution in [2.24, 2.45) is 0 Å². The quantitative estimate of drug-likeness (QED) is 0.878. The van der Waals surface area contributed by atoms with E-state index >= 15 is 0 Å². The molecule has 5 nitrogen and oxygen atoms in total. The smallest absolute Gasteiger partial charge is 0.260 e. The van der Waals surface area contributed by atoms with Crippen LogP contribution in [0.1, 0.15) is 25.3 Å². The van der Waals surface area contributed by atoms with Gasteiger partial charge < -0.3 is 14.7 Å². The zero-order valence-electron chi connectivity index (χ0n) is 11.5. The van der Waals surface area contributed by atoms with Crippen LogP contribution in [0.4, 0.5) is 0 Å². The fraction of sp³-hybridized carbons (Fsp3) is 0.467. The van der Waals surface area contributed by atoms with Gasteiger partial charge in [-0.25, -0.2) is 0 Å². The molecule has 5 heteroatoms. The van der Waals surface area contributed by atoms with Gasteiger partial charge in [0.05, 0.1) is 30.3 Å². The summed E-state index contributed by atoms with van der Waals surface area (Å²) in [4.78, 5) is 13.4. The molecule has 0 bridgehead atoms. The number of β-amino-alcohol motifs (C(OH)–C–C–N with tert-alkyl or cyclic N) is 1. The molecular weight excluding hydrogens is 256 g/mol. The first-order valence-electron chi connectivity index (χ1n) is 6.69. The summed E-state index contributed by atoms with van der Waals surface area (Å²) in [6.07, 6.45) is 1.62. The van der Waals surface area contributed by atoms with Gasteiger partial charge in [-0.15, -0.1) is 0 Å². The molecule has 1 heterocycles. The Morgan fingerprint density at radius 3 is 2.65 bits per heavy atom. The van der Waals surface area contributed by atoms with Gasteiger partial charge in [-0.1, -0.05) is 13.3 Å². The zero-order valence-corrected chi connectivity index (χ0v) is 11.5. The third kappa shape index (κ3) is 3.28. The highest BCUT2D eigenvalue weighted by Gasteiger charge is 2.42. The first kappa shape index (κ1) is 14.4. The largest absolute Gasteiger partial charge is 0.484 e. The lowest BCUT2D eigenvalue weighted by Crippen LogP contribution is -2.64. The van der Waals surface area contributed by atoms with Crippen molar-refractivity contribution in [3.05, 3.63) is 29.8 Å². The van der Waals surface area contributed by atoms with Gasteiger partial charge in [0.2, 0.25) is 0 Å². The Kier molecular flexibility index (Phi) is 4.26. The molecule has 1 N–H and O–H groups in total. The lowest BCUT2D eigenvalue weighted by atomic mass is 9.89. The molecule has 0 spiro atoms. The van der Waals surface area contributed by atoms with E-state index in [0.29, 0.717) is 30.8 Å². The Bertz CT molecular complexity index is 513. The van der Waals surface area contributed by atoms with Crippen molar-refractivity contribution in [1.29, 1.82) is 5.26 Å². The van der Waals surface area contributed by atoms with Gasteiger partial charge in [0.25, 0.3) is 5.91 Å². The van der Waals surface area contributed by atoms with Crippen LogP contribution >= 0.6 is 0 Å². The molecule has 1 saturated heterocycles. The molecule has 2 rings (SSSR count). The van der Waals surface area contributed by atoms with Gasteiger partial charge in [0.1, 0.15) is 5.75 Å². The molecule has 1 aromatic rings. The summed E-state index contributed by atoms with van der Waals surface area (Å²) in [5.41, 5.74) is -0.158. The molecule has 1 aromatic carbocycles. The van der Waals surface area contributed by atoms with Crippen LogP contribution < -0.4 is 4.74 Å². The van der Waals surface area contributed by atoms with Crippen LogP contribution in [0.15, 0.2) is 24.3 Å². The number of hydrogen-bond acceptors (Lipinski definition) is 4. The third-order valence-corrected chi connectivity index (χ3v) is 3.38. The molecule has 1 fully saturated rings. The third-order valence-electron chi connectivity index (χ3n) is 3.38. The van der Waals surface area contributed by atoms with Gasteiger partial charge >= 0.3 is 0 Å². The maximum Gasteiger partial charge on any atom is 0.260 e. The van der Waals surface area contributed by atoms with E-state index in [-0.39, 0.29) is 12.5 Å². The molecule has 0 saturated carbocycles. The summed E-state index contributed by atoms with van der Waals surface area (Å²) in [6, 6.07) is 8.63. The van der Waals surface area contributed by atoms with Gasteiger partial charge in [0.15, 0.2) is 6.61 Å². The number of nitrogens with zero attached hydrogens (tertiary/aromatic N) is 2. The molecule has 1 aliphatic rings. The average molecular weight is 274 g/mol. The Morgan fingerprint density at radius 2 is 2.10 bits per heavy atom. The van der Waals surface area contributed by atoms with Crippen LogP contribution in [0.5, 0.6) is 5.75 Å². The number of nitriles is 1. The summed E-state index contributed by atoms with van der Waals surface area (Å²) in [6.45, 7) is 2.73. The highest BCUT2D eigenvalue weighted by atomic mass is 16.5. The molecule has 1 aliphatic heterocycles. The van der Waals surface area contributed by atoms with Crippen LogP contribution in [-0.4, -0.2) is 41.2 Å². The maximum absolute atomic E-state index is 11.9. The number of carbonyl (C=O) groups is 1. The molecular formula is C15H18N2O3. The lowest BCUT2D eigenvalue weighted by molar-refractivity contribution is -0.158. The van der Waals surface area contributed by atoms with E-state index in [1.165, 1.54) is 0 Å². The van der Waals surface area contributed by atoms with Crippen molar-refractivity contribution >= 4 is 5.91 Å². The Labute approximate surface area is 118 Å². The van der Waals surface area contributed by atoms with E-state index in [1.54, 1.807) is 29.2 Å². The predicted octanol–water partition coefficient (Wildman–Crippen LogP) is 1.31. The van der Waals surface area contributed by atoms with E-state index in [4.69, 9.17) is 10.00 Å². The highest BCUT2D eigenvalue weighted by Crippen LogP contribution is 2.25. The minimum Gasteiger partial charge on any atom is -0.484 e. The molecule has 106 valence electrons. The monoisotopic (exact) mass is 274 g/mol. The van der Waals surface area contributed by atoms with E-state index in [1.807, 2.05) is 13.0 Å². The summed E-state index contributed by atoms with van der Waals surface area (Å²) in [5, 5.41) is 18.7. The van der Waals surface area contributed by atoms with Crippen molar-refractivity contribution in [2.75, 3.05) is 19.7 Å². The van der Waals surface area contributed by atoms with Gasteiger partial charge in [-0.2, -0.15) is 5.26 Å². The predicted molar refractivity (Wildman–Crippen MR) is 73.1 cm³/mol. The number of carbonyl (C=O) groups excluding carboxylic acids is 1. The van der Waals surface area contributed by atoms with Crippen molar-refractivity contribution in [2.45, 2.75) is 25.4 Å². The number of aliphatic hydroxyl groups is 1. The second-order valence-electron chi connectivity index (χ2n) is 5.15. The zero-order chi connectivity index (χ0) is 14.6. The van der Waals surface area contributed by atoms with Gasteiger partial charge in [-0.05, 0) is 30.7 Å². The van der Waals surface area contributed by atoms with Crippen LogP contribution in [0, 0.1) is 11.3 Å². The first-order valence-corrected chi connectivity index (χ1v) is 6.69. The van der Waals surface area contributed by atoms with Crippen LogP contribution in [0.3, 0.4) is 0 Å². The van der Waals surface area contributed by atoms with Crippen molar-refractivity contribution < 1.29 is 14.6 Å². The summed E-state index contributed by atoms with van der Waals surface area (Å²) < 4.78 is 5.37. The Morgan fingerprint density at radius 1 is 1.45 bits per heavy atom. The molecule has 0 atom stereocenters. The molecule has 0 aliphatic carbocycles. The summed E-state index contributed by atoms with van der Waals surface area (Å²) in [7, 11) is 0. The fourth-order valence-corrected chi connectivity index (χ4v) is 2.33. The van der Waals surface area contributed by atoms with Crippen molar-refractivity contribution in [3.8, 4) is 11.8 Å². The Balaban J connectivity index is 1.77. The van der Waals surface area contributed by atoms with Crippen molar-refractivity contribution in [3.63, 3.8) is 0 Å². The number of likely N-dealkylation sites (tertiary alicyclic amines) is 1. The second kappa shape index (κ2) is 5.93. The minimum atomic E-state index is -0.709. The van der Waals surface area contributed by atoms with E-state index < -0.39 is 5.60 Å². The number of rotatable bonds is 5. The molecule has 0 radical (unpaired) electrons. The lowest BCUT2D eigenvalue weighted by Gasteiger charge is -2.46. The van der Waals surface area contributed by atoms with Crippen LogP contribution in [-0.2, 0) is 4.79 Å². The summed E-state index contributed by atoms with van der Waals surface area (Å²) >= 11 is 0. The molecule has 20 heavy (non-hydrogen) atoms. The normalized spacial score (nSPS) is 16.1. The van der Waals surface area contributed by atoms with Crippen LogP contribution in [0.2, 0.25) is 0 Å². The topological polar surface area (TPSA) is 73.6 Å². The highest BCUT2D eigenvalue weighted by molar-refractivity contribution is 5.79. The fourth-order valence-electron chi connectivity index (χ4n) is 2.33. The number of ether oxygens (including phenoxy) is 1. The van der Waals surface area contributed by atoms with E-state index in [0.717, 1.165) is 6.42 Å². The Hall–Kier alpha value is -2.06. The van der Waals surface area contributed by atoms with E-state index in [2.05, 4.69) is 0 Å². The first-order chi connectivity index (χ1) is 9.56. The maximum atomic E-state index is 11.9. The molecule has 0 aromatic heterocycles. The SMILES string of the molecule is CCCC1(O)CN(C(=O)COc2ccc(C#N)cc2)C1. The molecule has 1 amide bonds. The van der Waals surface area contributed by atoms with Crippen LogP contribution in [0.25, 0.3) is 0 Å². The minimum absolute atomic E-state index is 0.0475. The standard InChI is InChI=1S/C15H18N2O3/c1-2-7-15(19)10-17(11-15)14(18)9-20-13-5-3-12(8-16)4-6-13/h3-6,19H,2,7,9-11H2,1H3. The number of benzene rings is 1. The second-order valence-corrected chi connectivity index (χ2v) is 5.15. The van der Waals surface area contributed by atoms with Gasteiger partial charge in [0, 0.05) is 0 Å². The van der Waals surface area contributed by atoms with Gasteiger partial charge in [-0.3, -0.25) is 4.79 Å². The average Bonchev–Trinajstić information content (AvgIpc) is 2.43. The number of amides is 1. The van der Waals surface area contributed by atoms with Crippen molar-refractivity contribution in [1.82, 2.24) is 4.90 Å².